The predicted octanol–water partition coefficient (Wildman–Crippen LogP) is 5.23. The summed E-state index contributed by atoms with van der Waals surface area (Å²) in [4.78, 5) is 26.8. The Kier molecular flexibility index (Phi) is 6.69. The van der Waals surface area contributed by atoms with Crippen molar-refractivity contribution in [3.05, 3.63) is 82.3 Å². The van der Waals surface area contributed by atoms with Crippen molar-refractivity contribution in [2.75, 3.05) is 20.1 Å². The number of aryl methyl sites for hydroxylation is 1. The molecule has 0 saturated carbocycles. The third kappa shape index (κ3) is 5.49. The molecule has 1 aliphatic heterocycles. The van der Waals surface area contributed by atoms with E-state index in [-0.39, 0.29) is 11.1 Å². The third-order valence-electron chi connectivity index (χ3n) is 6.92. The summed E-state index contributed by atoms with van der Waals surface area (Å²) in [5, 5.41) is 4.43. The Bertz CT molecular complexity index is 1440. The van der Waals surface area contributed by atoms with Crippen molar-refractivity contribution in [2.24, 2.45) is 0 Å². The van der Waals surface area contributed by atoms with Crippen LogP contribution in [0.5, 0.6) is 11.5 Å². The molecule has 0 atom stereocenters. The van der Waals surface area contributed by atoms with Crippen molar-refractivity contribution in [2.45, 2.75) is 51.9 Å². The highest BCUT2D eigenvalue weighted by Gasteiger charge is 2.21. The first-order chi connectivity index (χ1) is 17.7. The second-order valence-corrected chi connectivity index (χ2v) is 10.9. The number of piperidine rings is 1. The minimum Gasteiger partial charge on any atom is -0.455 e. The Hall–Kier alpha value is -3.78. The van der Waals surface area contributed by atoms with E-state index < -0.39 is 0 Å². The van der Waals surface area contributed by atoms with Crippen molar-refractivity contribution in [1.82, 2.24) is 29.6 Å². The van der Waals surface area contributed by atoms with Gasteiger partial charge in [-0.3, -0.25) is 9.97 Å². The summed E-state index contributed by atoms with van der Waals surface area (Å²) in [6, 6.07) is 16.1. The van der Waals surface area contributed by atoms with Gasteiger partial charge in [-0.15, -0.1) is 5.10 Å². The highest BCUT2D eigenvalue weighted by molar-refractivity contribution is 5.61. The summed E-state index contributed by atoms with van der Waals surface area (Å²) in [5.41, 5.74) is 3.38. The number of benzene rings is 1. The van der Waals surface area contributed by atoms with Crippen molar-refractivity contribution >= 4 is 0 Å². The number of ether oxygens (including phenoxy) is 1. The molecule has 1 fully saturated rings. The molecule has 192 valence electrons. The predicted molar refractivity (Wildman–Crippen MR) is 145 cm³/mol. The van der Waals surface area contributed by atoms with Crippen LogP contribution >= 0.6 is 0 Å². The smallest absolute Gasteiger partial charge is 0.349 e. The molecule has 0 bridgehead atoms. The van der Waals surface area contributed by atoms with Crippen molar-refractivity contribution < 1.29 is 4.74 Å². The number of pyridine rings is 2. The monoisotopic (exact) mass is 498 g/mol. The van der Waals surface area contributed by atoms with Crippen LogP contribution in [0.2, 0.25) is 0 Å². The van der Waals surface area contributed by atoms with E-state index in [9.17, 15) is 4.79 Å². The molecule has 8 heteroatoms. The van der Waals surface area contributed by atoms with Gasteiger partial charge in [-0.2, -0.15) is 4.68 Å². The molecule has 1 aliphatic rings. The van der Waals surface area contributed by atoms with E-state index in [0.717, 1.165) is 24.3 Å². The topological polar surface area (TPSA) is 88.9 Å². The third-order valence-corrected chi connectivity index (χ3v) is 6.92. The Morgan fingerprint density at radius 2 is 1.76 bits per heavy atom. The second-order valence-electron chi connectivity index (χ2n) is 10.9. The van der Waals surface area contributed by atoms with Crippen molar-refractivity contribution in [1.29, 1.82) is 0 Å². The Morgan fingerprint density at radius 1 is 1.03 bits per heavy atom. The molecule has 1 saturated heterocycles. The van der Waals surface area contributed by atoms with Crippen molar-refractivity contribution in [3.8, 4) is 28.6 Å². The zero-order chi connectivity index (χ0) is 26.2. The SMILES string of the molecule is Cc1nc(-n2nc(C(C)(C)C)[nH]c2=O)ccc1Oc1ccnc(-c2ccc(C3CCN(C)CC3)cc2)c1. The molecular weight excluding hydrogens is 464 g/mol. The van der Waals surface area contributed by atoms with Gasteiger partial charge in [0.1, 0.15) is 17.3 Å². The summed E-state index contributed by atoms with van der Waals surface area (Å²) in [5.74, 6) is 2.97. The highest BCUT2D eigenvalue weighted by Crippen LogP contribution is 2.31. The van der Waals surface area contributed by atoms with Crippen LogP contribution in [-0.2, 0) is 5.41 Å². The van der Waals surface area contributed by atoms with Gasteiger partial charge in [-0.05, 0) is 69.6 Å². The quantitative estimate of drug-likeness (QED) is 0.406. The van der Waals surface area contributed by atoms with E-state index in [4.69, 9.17) is 4.74 Å². The maximum Gasteiger partial charge on any atom is 0.349 e. The van der Waals surface area contributed by atoms with E-state index in [2.05, 4.69) is 56.3 Å². The molecule has 5 rings (SSSR count). The number of aromatic nitrogens is 5. The maximum absolute atomic E-state index is 12.4. The van der Waals surface area contributed by atoms with Crippen LogP contribution in [0.3, 0.4) is 0 Å². The first-order valence-corrected chi connectivity index (χ1v) is 12.8. The fraction of sp³-hybridized carbons (Fsp3) is 0.379. The fourth-order valence-corrected chi connectivity index (χ4v) is 4.61. The van der Waals surface area contributed by atoms with E-state index >= 15 is 0 Å². The minimum absolute atomic E-state index is 0.269. The molecule has 0 spiro atoms. The van der Waals surface area contributed by atoms with E-state index in [1.54, 1.807) is 12.3 Å². The van der Waals surface area contributed by atoms with Crippen LogP contribution in [-0.4, -0.2) is 49.8 Å². The van der Waals surface area contributed by atoms with Crippen LogP contribution in [0.15, 0.2) is 59.5 Å². The molecular formula is C29H34N6O2. The lowest BCUT2D eigenvalue weighted by Gasteiger charge is -2.29. The van der Waals surface area contributed by atoms with Crippen LogP contribution in [0.1, 0.15) is 56.6 Å². The number of hydrogen-bond donors (Lipinski definition) is 1. The normalized spacial score (nSPS) is 15.2. The van der Waals surface area contributed by atoms with Crippen molar-refractivity contribution in [3.63, 3.8) is 0 Å². The molecule has 0 unspecified atom stereocenters. The van der Waals surface area contributed by atoms with Gasteiger partial charge in [0.15, 0.2) is 5.82 Å². The number of hydrogen-bond acceptors (Lipinski definition) is 6. The summed E-state index contributed by atoms with van der Waals surface area (Å²) >= 11 is 0. The molecule has 0 amide bonds. The van der Waals surface area contributed by atoms with Crippen LogP contribution < -0.4 is 10.4 Å². The van der Waals surface area contributed by atoms with E-state index in [1.807, 2.05) is 45.9 Å². The first kappa shape index (κ1) is 24.9. The van der Waals surface area contributed by atoms with E-state index in [0.29, 0.717) is 34.8 Å². The average molecular weight is 499 g/mol. The number of rotatable bonds is 5. The molecule has 4 heterocycles. The molecule has 0 radical (unpaired) electrons. The average Bonchev–Trinajstić information content (AvgIpc) is 3.28. The summed E-state index contributed by atoms with van der Waals surface area (Å²) in [6.07, 6.45) is 4.16. The number of H-pyrrole nitrogens is 1. The minimum atomic E-state index is -0.314. The molecule has 0 aliphatic carbocycles. The van der Waals surface area contributed by atoms with Gasteiger partial charge >= 0.3 is 5.69 Å². The molecule has 1 aromatic carbocycles. The van der Waals surface area contributed by atoms with Crippen LogP contribution in [0.4, 0.5) is 0 Å². The summed E-state index contributed by atoms with van der Waals surface area (Å²) in [7, 11) is 2.19. The maximum atomic E-state index is 12.4. The molecule has 4 aromatic rings. The lowest BCUT2D eigenvalue weighted by molar-refractivity contribution is 0.255. The highest BCUT2D eigenvalue weighted by atomic mass is 16.5. The second kappa shape index (κ2) is 9.94. The number of nitrogens with zero attached hydrogens (tertiary/aromatic N) is 5. The summed E-state index contributed by atoms with van der Waals surface area (Å²) in [6.45, 7) is 10.2. The Morgan fingerprint density at radius 3 is 2.41 bits per heavy atom. The zero-order valence-electron chi connectivity index (χ0n) is 22.2. The van der Waals surface area contributed by atoms with Gasteiger partial charge in [0.05, 0.1) is 11.4 Å². The Labute approximate surface area is 217 Å². The Balaban J connectivity index is 1.32. The lowest BCUT2D eigenvalue weighted by atomic mass is 9.89. The standard InChI is InChI=1S/C29H34N6O2/c1-19-25(10-11-26(31-19)35-28(36)32-27(33-35)29(2,3)4)37-23-12-15-30-24(18-23)22-8-6-20(7-9-22)21-13-16-34(5)17-14-21/h6-12,15,18,21H,13-14,16-17H2,1-5H3,(H,32,33,36). The summed E-state index contributed by atoms with van der Waals surface area (Å²) < 4.78 is 7.45. The fourth-order valence-electron chi connectivity index (χ4n) is 4.61. The van der Waals surface area contributed by atoms with Gasteiger partial charge in [0.25, 0.3) is 0 Å². The van der Waals surface area contributed by atoms with Crippen LogP contribution in [0, 0.1) is 6.92 Å². The van der Waals surface area contributed by atoms with Gasteiger partial charge < -0.3 is 9.64 Å². The van der Waals surface area contributed by atoms with E-state index in [1.165, 1.54) is 23.1 Å². The first-order valence-electron chi connectivity index (χ1n) is 12.8. The van der Waals surface area contributed by atoms with Crippen LogP contribution in [0.25, 0.3) is 17.1 Å². The number of likely N-dealkylation sites (tertiary alicyclic amines) is 1. The van der Waals surface area contributed by atoms with Gasteiger partial charge in [-0.25, -0.2) is 9.78 Å². The van der Waals surface area contributed by atoms with Gasteiger partial charge in [0.2, 0.25) is 0 Å². The number of aromatic amines is 1. The lowest BCUT2D eigenvalue weighted by Crippen LogP contribution is -2.29. The zero-order valence-corrected chi connectivity index (χ0v) is 22.2. The van der Waals surface area contributed by atoms with Gasteiger partial charge in [0, 0.05) is 23.2 Å². The van der Waals surface area contributed by atoms with Gasteiger partial charge in [-0.1, -0.05) is 45.0 Å². The molecule has 37 heavy (non-hydrogen) atoms. The number of nitrogens with one attached hydrogen (secondary N) is 1. The molecule has 1 N–H and O–H groups in total. The largest absolute Gasteiger partial charge is 0.455 e. The molecule has 8 nitrogen and oxygen atoms in total. The molecule has 3 aromatic heterocycles.